The summed E-state index contributed by atoms with van der Waals surface area (Å²) in [5, 5.41) is 4.34. The minimum Gasteiger partial charge on any atom is -0.381 e. The third kappa shape index (κ3) is 6.15. The van der Waals surface area contributed by atoms with Gasteiger partial charge in [-0.1, -0.05) is 26.8 Å². The Labute approximate surface area is 188 Å². The summed E-state index contributed by atoms with van der Waals surface area (Å²) in [6.07, 6.45) is 2.55. The van der Waals surface area contributed by atoms with Crippen molar-refractivity contribution in [3.63, 3.8) is 0 Å². The molecule has 0 radical (unpaired) electrons. The molecule has 1 atom stereocenters. The molecule has 3 rings (SSSR count). The summed E-state index contributed by atoms with van der Waals surface area (Å²) < 4.78 is 9.68. The van der Waals surface area contributed by atoms with E-state index in [2.05, 4.69) is 58.5 Å². The van der Waals surface area contributed by atoms with Crippen LogP contribution in [0.25, 0.3) is 0 Å². The van der Waals surface area contributed by atoms with Crippen molar-refractivity contribution < 1.29 is 9.53 Å². The van der Waals surface area contributed by atoms with Gasteiger partial charge in [0.05, 0.1) is 11.4 Å². The fourth-order valence-corrected chi connectivity index (χ4v) is 4.69. The Balaban J connectivity index is 1.99. The molecule has 1 aliphatic heterocycles. The number of ketones is 1. The quantitative estimate of drug-likeness (QED) is 0.531. The van der Waals surface area contributed by atoms with Gasteiger partial charge in [-0.2, -0.15) is 9.36 Å². The van der Waals surface area contributed by atoms with E-state index in [1.54, 1.807) is 6.92 Å². The zero-order valence-corrected chi connectivity index (χ0v) is 19.7. The highest BCUT2D eigenvalue weighted by Gasteiger charge is 2.25. The van der Waals surface area contributed by atoms with E-state index < -0.39 is 0 Å². The van der Waals surface area contributed by atoms with Gasteiger partial charge >= 0.3 is 0 Å². The molecule has 1 fully saturated rings. The number of carbonyl (C=O) groups is 1. The molecule has 1 aromatic heterocycles. The van der Waals surface area contributed by atoms with Gasteiger partial charge in [-0.05, 0) is 60.9 Å². The number of carbonyl (C=O) groups excluding carboxylic acids is 1. The second-order valence-corrected chi connectivity index (χ2v) is 9.56. The molecule has 6 nitrogen and oxygen atoms in total. The van der Waals surface area contributed by atoms with Gasteiger partial charge in [0.1, 0.15) is 5.78 Å². The topological polar surface area (TPSA) is 67.3 Å². The van der Waals surface area contributed by atoms with Crippen molar-refractivity contribution in [3.05, 3.63) is 29.0 Å². The van der Waals surface area contributed by atoms with Crippen LogP contribution in [0, 0.1) is 5.92 Å². The first-order chi connectivity index (χ1) is 14.3. The van der Waals surface area contributed by atoms with E-state index in [4.69, 9.17) is 16.3 Å². The largest absolute Gasteiger partial charge is 0.381 e. The second kappa shape index (κ2) is 10.6. The van der Waals surface area contributed by atoms with Crippen LogP contribution in [0.4, 0.5) is 16.5 Å². The maximum atomic E-state index is 11.6. The number of nitrogens with zero attached hydrogens (tertiary/aromatic N) is 3. The summed E-state index contributed by atoms with van der Waals surface area (Å²) in [5.41, 5.74) is 3.24. The summed E-state index contributed by atoms with van der Waals surface area (Å²) >= 11 is 7.19. The summed E-state index contributed by atoms with van der Waals surface area (Å²) in [6, 6.07) is 6.90. The van der Waals surface area contributed by atoms with Crippen LogP contribution in [0.2, 0.25) is 5.28 Å². The zero-order chi connectivity index (χ0) is 21.7. The molecule has 8 heteroatoms. The third-order valence-corrected chi connectivity index (χ3v) is 6.23. The molecule has 2 aromatic rings. The van der Waals surface area contributed by atoms with Crippen molar-refractivity contribution in [2.45, 2.75) is 58.9 Å². The number of hydrogen-bond donors (Lipinski definition) is 1. The second-order valence-electron chi connectivity index (χ2n) is 8.47. The zero-order valence-electron chi connectivity index (χ0n) is 18.2. The van der Waals surface area contributed by atoms with Crippen LogP contribution in [0.3, 0.4) is 0 Å². The highest BCUT2D eigenvalue weighted by molar-refractivity contribution is 7.10. The van der Waals surface area contributed by atoms with E-state index >= 15 is 0 Å². The standard InChI is InChI=1S/C22H31ClN4O2S/c1-14(2)13-27(18-7-9-29-10-8-18)20-6-5-17(15(3)11-16(4)28)12-19(20)24-22-25-21(23)26-30-22/h5-6,12,14-15,18H,7-11,13H2,1-4H3,(H,24,25,26)/t15-/m1/s1. The smallest absolute Gasteiger partial charge is 0.236 e. The molecule has 2 heterocycles. The van der Waals surface area contributed by atoms with Crippen molar-refractivity contribution in [2.24, 2.45) is 5.92 Å². The Bertz CT molecular complexity index is 851. The third-order valence-electron chi connectivity index (χ3n) is 5.33. The first-order valence-corrected chi connectivity index (χ1v) is 11.7. The fourth-order valence-electron chi connectivity index (χ4n) is 3.97. The Hall–Kier alpha value is -1.70. The lowest BCUT2D eigenvalue weighted by Crippen LogP contribution is -2.42. The molecule has 1 N–H and O–H groups in total. The summed E-state index contributed by atoms with van der Waals surface area (Å²) in [7, 11) is 0. The predicted octanol–water partition coefficient (Wildman–Crippen LogP) is 5.66. The molecular weight excluding hydrogens is 420 g/mol. The number of ether oxygens (including phenoxy) is 1. The number of aromatic nitrogens is 2. The monoisotopic (exact) mass is 450 g/mol. The summed E-state index contributed by atoms with van der Waals surface area (Å²) in [6.45, 7) is 10.8. The van der Waals surface area contributed by atoms with Crippen LogP contribution in [-0.2, 0) is 9.53 Å². The van der Waals surface area contributed by atoms with Crippen LogP contribution in [0.1, 0.15) is 58.4 Å². The van der Waals surface area contributed by atoms with Crippen LogP contribution >= 0.6 is 23.1 Å². The van der Waals surface area contributed by atoms with E-state index in [-0.39, 0.29) is 17.0 Å². The number of anilines is 3. The first-order valence-electron chi connectivity index (χ1n) is 10.6. The van der Waals surface area contributed by atoms with Crippen LogP contribution < -0.4 is 10.2 Å². The highest BCUT2D eigenvalue weighted by Crippen LogP contribution is 2.36. The number of Topliss-reactive ketones (excluding diaryl/α,β-unsaturated/α-hetero) is 1. The van der Waals surface area contributed by atoms with E-state index in [1.165, 1.54) is 11.5 Å². The molecule has 0 spiro atoms. The maximum absolute atomic E-state index is 11.6. The number of halogens is 1. The number of benzene rings is 1. The molecule has 0 aliphatic carbocycles. The average molecular weight is 451 g/mol. The molecule has 164 valence electrons. The van der Waals surface area contributed by atoms with Crippen LogP contribution in [0.15, 0.2) is 18.2 Å². The average Bonchev–Trinajstić information content (AvgIpc) is 3.11. The molecule has 1 aliphatic rings. The molecule has 1 saturated heterocycles. The number of rotatable bonds is 9. The van der Waals surface area contributed by atoms with Gasteiger partial charge in [0.25, 0.3) is 0 Å². The number of hydrogen-bond acceptors (Lipinski definition) is 7. The summed E-state index contributed by atoms with van der Waals surface area (Å²) in [5.74, 6) is 0.866. The minimum atomic E-state index is 0.150. The molecule has 0 unspecified atom stereocenters. The van der Waals surface area contributed by atoms with Gasteiger partial charge in [-0.3, -0.25) is 0 Å². The Kier molecular flexibility index (Phi) is 8.08. The van der Waals surface area contributed by atoms with E-state index in [9.17, 15) is 4.79 Å². The predicted molar refractivity (Wildman–Crippen MR) is 124 cm³/mol. The molecule has 0 amide bonds. The summed E-state index contributed by atoms with van der Waals surface area (Å²) in [4.78, 5) is 18.4. The lowest BCUT2D eigenvalue weighted by atomic mass is 9.94. The maximum Gasteiger partial charge on any atom is 0.236 e. The Morgan fingerprint density at radius 2 is 2.07 bits per heavy atom. The van der Waals surface area contributed by atoms with Crippen molar-refractivity contribution >= 4 is 45.4 Å². The van der Waals surface area contributed by atoms with Crippen LogP contribution in [0.5, 0.6) is 0 Å². The van der Waals surface area contributed by atoms with Gasteiger partial charge < -0.3 is 19.7 Å². The highest BCUT2D eigenvalue weighted by atomic mass is 35.5. The van der Waals surface area contributed by atoms with Crippen molar-refractivity contribution in [1.82, 2.24) is 9.36 Å². The molecule has 1 aromatic carbocycles. The van der Waals surface area contributed by atoms with E-state index in [0.717, 1.165) is 49.5 Å². The molecule has 30 heavy (non-hydrogen) atoms. The Morgan fingerprint density at radius 3 is 2.67 bits per heavy atom. The van der Waals surface area contributed by atoms with Gasteiger partial charge in [-0.15, -0.1) is 0 Å². The lowest BCUT2D eigenvalue weighted by molar-refractivity contribution is -0.117. The van der Waals surface area contributed by atoms with E-state index in [0.29, 0.717) is 23.5 Å². The Morgan fingerprint density at radius 1 is 1.33 bits per heavy atom. The van der Waals surface area contributed by atoms with Gasteiger partial charge in [-0.25, -0.2) is 0 Å². The van der Waals surface area contributed by atoms with Crippen LogP contribution in [-0.4, -0.2) is 40.9 Å². The normalized spacial score (nSPS) is 15.9. The van der Waals surface area contributed by atoms with Gasteiger partial charge in [0, 0.05) is 43.8 Å². The van der Waals surface area contributed by atoms with Crippen molar-refractivity contribution in [2.75, 3.05) is 30.0 Å². The van der Waals surface area contributed by atoms with E-state index in [1.807, 2.05) is 0 Å². The fraction of sp³-hybridized carbons (Fsp3) is 0.591. The number of nitrogens with one attached hydrogen (secondary N) is 1. The van der Waals surface area contributed by atoms with Gasteiger partial charge in [0.2, 0.25) is 10.4 Å². The SMILES string of the molecule is CC(=O)C[C@@H](C)c1ccc(N(CC(C)C)C2CCOCC2)c(Nc2nc(Cl)ns2)c1. The van der Waals surface area contributed by atoms with Crippen molar-refractivity contribution in [1.29, 1.82) is 0 Å². The molecular formula is C22H31ClN4O2S. The molecule has 0 bridgehead atoms. The molecule has 0 saturated carbocycles. The lowest BCUT2D eigenvalue weighted by Gasteiger charge is -2.38. The van der Waals surface area contributed by atoms with Gasteiger partial charge in [0.15, 0.2) is 0 Å². The first kappa shape index (κ1) is 23.0. The van der Waals surface area contributed by atoms with Crippen molar-refractivity contribution in [3.8, 4) is 0 Å². The minimum absolute atomic E-state index is 0.150.